The van der Waals surface area contributed by atoms with Gasteiger partial charge in [0.25, 0.3) is 0 Å². The summed E-state index contributed by atoms with van der Waals surface area (Å²) >= 11 is 1.38. The van der Waals surface area contributed by atoms with Crippen molar-refractivity contribution in [1.29, 1.82) is 0 Å². The summed E-state index contributed by atoms with van der Waals surface area (Å²) in [5, 5.41) is 0. The molecule has 0 fully saturated rings. The third-order valence-electron chi connectivity index (χ3n) is 0.976. The van der Waals surface area contributed by atoms with E-state index in [1.54, 1.807) is 0 Å². The van der Waals surface area contributed by atoms with Crippen molar-refractivity contribution >= 4 is 12.0 Å². The van der Waals surface area contributed by atoms with Crippen molar-refractivity contribution in [2.45, 2.75) is 20.1 Å². The molecule has 1 rings (SSSR count). The zero-order valence-electron chi connectivity index (χ0n) is 6.59. The van der Waals surface area contributed by atoms with Crippen LogP contribution in [0.1, 0.15) is 13.8 Å². The fourth-order valence-corrected chi connectivity index (χ4v) is 1.14. The normalized spacial score (nSPS) is 23.8. The Morgan fingerprint density at radius 3 is 2.90 bits per heavy atom. The first kappa shape index (κ1) is 11.0. The van der Waals surface area contributed by atoms with Gasteiger partial charge in [0.2, 0.25) is 0 Å². The van der Waals surface area contributed by atoms with Crippen LogP contribution in [0, 0.1) is 0 Å². The molecule has 0 amide bonds. The Hall–Kier alpha value is 1.01. The van der Waals surface area contributed by atoms with Crippen LogP contribution in [0.15, 0.2) is 11.0 Å². The third kappa shape index (κ3) is 3.42. The van der Waals surface area contributed by atoms with E-state index in [4.69, 9.17) is 8.92 Å². The Kier molecular flexibility index (Phi) is 6.20. The van der Waals surface area contributed by atoms with Crippen LogP contribution in [0.2, 0.25) is 0 Å². The van der Waals surface area contributed by atoms with Gasteiger partial charge in [-0.15, -0.1) is 0 Å². The summed E-state index contributed by atoms with van der Waals surface area (Å²) in [6, 6.07) is 0. The first-order chi connectivity index (χ1) is 4.33. The van der Waals surface area contributed by atoms with Crippen molar-refractivity contribution in [2.75, 3.05) is 6.61 Å². The van der Waals surface area contributed by atoms with Crippen LogP contribution in [0.4, 0.5) is 0 Å². The van der Waals surface area contributed by atoms with Gasteiger partial charge < -0.3 is 4.74 Å². The maximum Gasteiger partial charge on any atom is 1.00 e. The first-order valence-electron chi connectivity index (χ1n) is 2.96. The standard InChI is InChI=1S/C6H10O2S.Na/c1-3-7-6-4-5(2)9-8-6;/h4,6H,3H2,1-2H3;/q;+1. The SMILES string of the molecule is CCOC1C=C(C)SO1.[Na+]. The smallest absolute Gasteiger partial charge is 0.348 e. The van der Waals surface area contributed by atoms with Crippen molar-refractivity contribution in [3.05, 3.63) is 11.0 Å². The Labute approximate surface area is 87.8 Å². The minimum atomic E-state index is -0.111. The van der Waals surface area contributed by atoms with Gasteiger partial charge in [0.05, 0.1) is 0 Å². The molecule has 0 aliphatic carbocycles. The molecule has 0 saturated heterocycles. The molecule has 0 saturated carbocycles. The molecule has 10 heavy (non-hydrogen) atoms. The number of hydrogen-bond donors (Lipinski definition) is 0. The molecule has 1 unspecified atom stereocenters. The second kappa shape index (κ2) is 5.63. The molecule has 52 valence electrons. The van der Waals surface area contributed by atoms with Gasteiger partial charge in [-0.05, 0) is 19.9 Å². The van der Waals surface area contributed by atoms with Crippen molar-refractivity contribution in [1.82, 2.24) is 0 Å². The van der Waals surface area contributed by atoms with Crippen molar-refractivity contribution in [3.63, 3.8) is 0 Å². The fourth-order valence-electron chi connectivity index (χ4n) is 0.611. The fraction of sp³-hybridized carbons (Fsp3) is 0.667. The first-order valence-corrected chi connectivity index (χ1v) is 3.70. The van der Waals surface area contributed by atoms with Gasteiger partial charge in [0.15, 0.2) is 6.29 Å². The summed E-state index contributed by atoms with van der Waals surface area (Å²) in [6.07, 6.45) is 1.86. The van der Waals surface area contributed by atoms with Crippen LogP contribution >= 0.6 is 12.0 Å². The average Bonchev–Trinajstić information content (AvgIpc) is 2.17. The molecule has 4 heteroatoms. The van der Waals surface area contributed by atoms with E-state index in [9.17, 15) is 0 Å². The number of hydrogen-bond acceptors (Lipinski definition) is 3. The van der Waals surface area contributed by atoms with Gasteiger partial charge >= 0.3 is 29.6 Å². The van der Waals surface area contributed by atoms with E-state index in [2.05, 4.69) is 0 Å². The second-order valence-corrected chi connectivity index (χ2v) is 2.78. The molecule has 2 nitrogen and oxygen atoms in total. The van der Waals surface area contributed by atoms with E-state index in [-0.39, 0.29) is 35.8 Å². The molecular formula is C6H10NaO2S+. The molecule has 0 aromatic carbocycles. The monoisotopic (exact) mass is 169 g/mol. The molecular weight excluding hydrogens is 159 g/mol. The third-order valence-corrected chi connectivity index (χ3v) is 1.66. The second-order valence-electron chi connectivity index (χ2n) is 1.78. The van der Waals surface area contributed by atoms with Gasteiger partial charge in [0.1, 0.15) is 0 Å². The topological polar surface area (TPSA) is 18.5 Å². The molecule has 1 atom stereocenters. The van der Waals surface area contributed by atoms with Gasteiger partial charge in [-0.1, -0.05) is 0 Å². The van der Waals surface area contributed by atoms with E-state index in [0.29, 0.717) is 6.61 Å². The van der Waals surface area contributed by atoms with Gasteiger partial charge in [0, 0.05) is 23.6 Å². The van der Waals surface area contributed by atoms with E-state index >= 15 is 0 Å². The van der Waals surface area contributed by atoms with Crippen LogP contribution in [-0.4, -0.2) is 12.9 Å². The van der Waals surface area contributed by atoms with Crippen molar-refractivity contribution in [3.8, 4) is 0 Å². The molecule has 0 bridgehead atoms. The van der Waals surface area contributed by atoms with Gasteiger partial charge in [-0.25, -0.2) is 0 Å². The minimum Gasteiger partial charge on any atom is -0.348 e. The Morgan fingerprint density at radius 2 is 2.50 bits per heavy atom. The summed E-state index contributed by atoms with van der Waals surface area (Å²) in [7, 11) is 0. The van der Waals surface area contributed by atoms with E-state index in [1.807, 2.05) is 19.9 Å². The number of ether oxygens (including phenoxy) is 1. The maximum absolute atomic E-state index is 5.15. The van der Waals surface area contributed by atoms with Crippen LogP contribution in [0.5, 0.6) is 0 Å². The molecule has 0 aromatic rings. The predicted molar refractivity (Wildman–Crippen MR) is 37.8 cm³/mol. The molecule has 1 aliphatic rings. The summed E-state index contributed by atoms with van der Waals surface area (Å²) < 4.78 is 10.3. The summed E-state index contributed by atoms with van der Waals surface area (Å²) in [5.41, 5.74) is 0. The van der Waals surface area contributed by atoms with E-state index in [1.165, 1.54) is 16.9 Å². The quantitative estimate of drug-likeness (QED) is 0.387. The molecule has 0 radical (unpaired) electrons. The summed E-state index contributed by atoms with van der Waals surface area (Å²) in [5.74, 6) is 0. The minimum absolute atomic E-state index is 0. The number of allylic oxidation sites excluding steroid dienone is 1. The molecule has 0 spiro atoms. The van der Waals surface area contributed by atoms with Gasteiger partial charge in [-0.2, -0.15) is 0 Å². The zero-order valence-corrected chi connectivity index (χ0v) is 9.40. The molecule has 1 heterocycles. The molecule has 1 aliphatic heterocycles. The van der Waals surface area contributed by atoms with Crippen molar-refractivity contribution in [2.24, 2.45) is 0 Å². The van der Waals surface area contributed by atoms with Crippen LogP contribution < -0.4 is 29.6 Å². The summed E-state index contributed by atoms with van der Waals surface area (Å²) in [6.45, 7) is 4.66. The van der Waals surface area contributed by atoms with E-state index in [0.717, 1.165) is 0 Å². The van der Waals surface area contributed by atoms with Crippen LogP contribution in [-0.2, 0) is 8.92 Å². The van der Waals surface area contributed by atoms with Gasteiger partial charge in [-0.3, -0.25) is 4.18 Å². The largest absolute Gasteiger partial charge is 1.00 e. The Balaban J connectivity index is 0.000000810. The Morgan fingerprint density at radius 1 is 1.80 bits per heavy atom. The van der Waals surface area contributed by atoms with E-state index < -0.39 is 0 Å². The van der Waals surface area contributed by atoms with Crippen molar-refractivity contribution < 1.29 is 38.5 Å². The summed E-state index contributed by atoms with van der Waals surface area (Å²) in [4.78, 5) is 1.17. The Bertz CT molecular complexity index is 127. The van der Waals surface area contributed by atoms with Crippen LogP contribution in [0.25, 0.3) is 0 Å². The predicted octanol–water partition coefficient (Wildman–Crippen LogP) is -1.06. The zero-order chi connectivity index (χ0) is 6.69. The molecule has 0 aromatic heterocycles. The molecule has 0 N–H and O–H groups in total. The number of rotatable bonds is 2. The van der Waals surface area contributed by atoms with Crippen LogP contribution in [0.3, 0.4) is 0 Å². The maximum atomic E-state index is 5.15. The average molecular weight is 169 g/mol.